The van der Waals surface area contributed by atoms with Gasteiger partial charge in [-0.3, -0.25) is 0 Å². The van der Waals surface area contributed by atoms with E-state index in [1.165, 1.54) is 12.8 Å². The zero-order chi connectivity index (χ0) is 10.3. The molecule has 0 rings (SSSR count). The van der Waals surface area contributed by atoms with Crippen LogP contribution in [0.2, 0.25) is 0 Å². The van der Waals surface area contributed by atoms with E-state index >= 15 is 0 Å². The van der Waals surface area contributed by atoms with Crippen LogP contribution in [0.1, 0.15) is 40.5 Å². The lowest BCUT2D eigenvalue weighted by molar-refractivity contribution is 0.364. The first-order chi connectivity index (χ1) is 6.05. The van der Waals surface area contributed by atoms with Gasteiger partial charge in [0.05, 0.1) is 0 Å². The standard InChI is InChI=1S/C11H26N2/c1-6-10(7-2)8-13-9-11(3,4)12-5/h10,12-13H,6-9H2,1-5H3. The average Bonchev–Trinajstić information content (AvgIpc) is 2.12. The maximum absolute atomic E-state index is 3.52. The van der Waals surface area contributed by atoms with E-state index in [-0.39, 0.29) is 5.54 Å². The Morgan fingerprint density at radius 3 is 2.08 bits per heavy atom. The molecule has 0 bridgehead atoms. The van der Waals surface area contributed by atoms with E-state index in [1.807, 2.05) is 7.05 Å². The molecule has 0 spiro atoms. The molecule has 0 atom stereocenters. The molecule has 0 unspecified atom stereocenters. The fourth-order valence-corrected chi connectivity index (χ4v) is 1.25. The van der Waals surface area contributed by atoms with Gasteiger partial charge >= 0.3 is 0 Å². The summed E-state index contributed by atoms with van der Waals surface area (Å²) in [4.78, 5) is 0. The number of hydrogen-bond acceptors (Lipinski definition) is 2. The maximum atomic E-state index is 3.52. The van der Waals surface area contributed by atoms with Crippen LogP contribution >= 0.6 is 0 Å². The van der Waals surface area contributed by atoms with Crippen LogP contribution in [0, 0.1) is 5.92 Å². The van der Waals surface area contributed by atoms with Gasteiger partial charge in [0.1, 0.15) is 0 Å². The molecule has 13 heavy (non-hydrogen) atoms. The Hall–Kier alpha value is -0.0800. The van der Waals surface area contributed by atoms with E-state index in [0.29, 0.717) is 0 Å². The van der Waals surface area contributed by atoms with E-state index < -0.39 is 0 Å². The molecular weight excluding hydrogens is 160 g/mol. The second-order valence-electron chi connectivity index (χ2n) is 4.45. The summed E-state index contributed by atoms with van der Waals surface area (Å²) in [5, 5.41) is 6.80. The summed E-state index contributed by atoms with van der Waals surface area (Å²) in [6, 6.07) is 0. The normalized spacial score (nSPS) is 12.5. The molecule has 0 aromatic rings. The van der Waals surface area contributed by atoms with Crippen molar-refractivity contribution in [3.8, 4) is 0 Å². The Morgan fingerprint density at radius 2 is 1.69 bits per heavy atom. The van der Waals surface area contributed by atoms with Crippen LogP contribution in [0.3, 0.4) is 0 Å². The molecule has 80 valence electrons. The molecule has 2 heteroatoms. The summed E-state index contributed by atoms with van der Waals surface area (Å²) in [5.74, 6) is 0.840. The summed E-state index contributed by atoms with van der Waals surface area (Å²) in [6.07, 6.45) is 2.56. The largest absolute Gasteiger partial charge is 0.315 e. The summed E-state index contributed by atoms with van der Waals surface area (Å²) in [7, 11) is 2.01. The maximum Gasteiger partial charge on any atom is 0.0246 e. The van der Waals surface area contributed by atoms with E-state index in [4.69, 9.17) is 0 Å². The predicted octanol–water partition coefficient (Wildman–Crippen LogP) is 2.01. The Balaban J connectivity index is 3.54. The summed E-state index contributed by atoms with van der Waals surface area (Å²) in [5.41, 5.74) is 0.214. The molecule has 0 aliphatic rings. The SMILES string of the molecule is CCC(CC)CNCC(C)(C)NC. The number of likely N-dealkylation sites (N-methyl/N-ethyl adjacent to an activating group) is 1. The Bertz CT molecular complexity index is 117. The zero-order valence-electron chi connectivity index (χ0n) is 9.91. The van der Waals surface area contributed by atoms with Gasteiger partial charge in [-0.2, -0.15) is 0 Å². The molecule has 0 saturated carbocycles. The minimum atomic E-state index is 0.214. The fourth-order valence-electron chi connectivity index (χ4n) is 1.25. The molecule has 0 radical (unpaired) electrons. The molecule has 2 N–H and O–H groups in total. The summed E-state index contributed by atoms with van der Waals surface area (Å²) in [6.45, 7) is 11.1. The van der Waals surface area contributed by atoms with Crippen LogP contribution in [-0.4, -0.2) is 25.7 Å². The van der Waals surface area contributed by atoms with Crippen LogP contribution in [0.25, 0.3) is 0 Å². The van der Waals surface area contributed by atoms with Crippen molar-refractivity contribution >= 4 is 0 Å². The third-order valence-corrected chi connectivity index (χ3v) is 2.83. The van der Waals surface area contributed by atoms with E-state index in [0.717, 1.165) is 19.0 Å². The third-order valence-electron chi connectivity index (χ3n) is 2.83. The Kier molecular flexibility index (Phi) is 6.35. The van der Waals surface area contributed by atoms with E-state index in [9.17, 15) is 0 Å². The molecule has 0 aliphatic carbocycles. The molecule has 0 amide bonds. The van der Waals surface area contributed by atoms with Crippen LogP contribution in [0.5, 0.6) is 0 Å². The van der Waals surface area contributed by atoms with Gasteiger partial charge in [0.25, 0.3) is 0 Å². The minimum absolute atomic E-state index is 0.214. The lowest BCUT2D eigenvalue weighted by atomic mass is 10.0. The second-order valence-corrected chi connectivity index (χ2v) is 4.45. The molecule has 2 nitrogen and oxygen atoms in total. The lowest BCUT2D eigenvalue weighted by Gasteiger charge is -2.25. The molecule has 0 saturated heterocycles. The highest BCUT2D eigenvalue weighted by Crippen LogP contribution is 2.06. The van der Waals surface area contributed by atoms with Crippen LogP contribution < -0.4 is 10.6 Å². The fraction of sp³-hybridized carbons (Fsp3) is 1.00. The molecule has 0 fully saturated rings. The summed E-state index contributed by atoms with van der Waals surface area (Å²) < 4.78 is 0. The molecule has 0 heterocycles. The van der Waals surface area contributed by atoms with Gasteiger partial charge in [0.2, 0.25) is 0 Å². The average molecular weight is 186 g/mol. The number of hydrogen-bond donors (Lipinski definition) is 2. The first-order valence-corrected chi connectivity index (χ1v) is 5.45. The van der Waals surface area contributed by atoms with Gasteiger partial charge in [-0.15, -0.1) is 0 Å². The highest BCUT2D eigenvalue weighted by atomic mass is 15.0. The van der Waals surface area contributed by atoms with Crippen LogP contribution in [-0.2, 0) is 0 Å². The Morgan fingerprint density at radius 1 is 1.15 bits per heavy atom. The van der Waals surface area contributed by atoms with Crippen molar-refractivity contribution in [1.29, 1.82) is 0 Å². The van der Waals surface area contributed by atoms with E-state index in [2.05, 4.69) is 38.3 Å². The highest BCUT2D eigenvalue weighted by molar-refractivity contribution is 4.78. The Labute approximate surface area is 83.5 Å². The topological polar surface area (TPSA) is 24.1 Å². The number of nitrogens with one attached hydrogen (secondary N) is 2. The predicted molar refractivity (Wildman–Crippen MR) is 60.1 cm³/mol. The first kappa shape index (κ1) is 12.9. The van der Waals surface area contributed by atoms with Gasteiger partial charge in [-0.05, 0) is 33.4 Å². The third kappa shape index (κ3) is 6.05. The first-order valence-electron chi connectivity index (χ1n) is 5.45. The monoisotopic (exact) mass is 186 g/mol. The molecular formula is C11H26N2. The summed E-state index contributed by atoms with van der Waals surface area (Å²) >= 11 is 0. The molecule has 0 aromatic carbocycles. The van der Waals surface area contributed by atoms with E-state index in [1.54, 1.807) is 0 Å². The lowest BCUT2D eigenvalue weighted by Crippen LogP contribution is -2.46. The molecule has 0 aromatic heterocycles. The van der Waals surface area contributed by atoms with Crippen molar-refractivity contribution in [2.75, 3.05) is 20.1 Å². The second kappa shape index (κ2) is 6.39. The van der Waals surface area contributed by atoms with Crippen molar-refractivity contribution < 1.29 is 0 Å². The van der Waals surface area contributed by atoms with Gasteiger partial charge in [-0.1, -0.05) is 26.7 Å². The quantitative estimate of drug-likeness (QED) is 0.635. The van der Waals surface area contributed by atoms with Gasteiger partial charge < -0.3 is 10.6 Å². The van der Waals surface area contributed by atoms with Gasteiger partial charge in [0, 0.05) is 12.1 Å². The van der Waals surface area contributed by atoms with Crippen molar-refractivity contribution in [2.24, 2.45) is 5.92 Å². The van der Waals surface area contributed by atoms with Crippen molar-refractivity contribution in [1.82, 2.24) is 10.6 Å². The van der Waals surface area contributed by atoms with Crippen molar-refractivity contribution in [3.63, 3.8) is 0 Å². The molecule has 0 aliphatic heterocycles. The van der Waals surface area contributed by atoms with Crippen molar-refractivity contribution in [3.05, 3.63) is 0 Å². The minimum Gasteiger partial charge on any atom is -0.315 e. The van der Waals surface area contributed by atoms with Crippen LogP contribution in [0.4, 0.5) is 0 Å². The van der Waals surface area contributed by atoms with Crippen molar-refractivity contribution in [2.45, 2.75) is 46.1 Å². The van der Waals surface area contributed by atoms with Gasteiger partial charge in [-0.25, -0.2) is 0 Å². The number of rotatable bonds is 7. The zero-order valence-corrected chi connectivity index (χ0v) is 9.91. The highest BCUT2D eigenvalue weighted by Gasteiger charge is 2.14. The van der Waals surface area contributed by atoms with Gasteiger partial charge in [0.15, 0.2) is 0 Å². The smallest absolute Gasteiger partial charge is 0.0246 e. The van der Waals surface area contributed by atoms with Crippen LogP contribution in [0.15, 0.2) is 0 Å².